The van der Waals surface area contributed by atoms with Gasteiger partial charge in [-0.2, -0.15) is 0 Å². The maximum absolute atomic E-state index is 13.9. The molecule has 0 saturated carbocycles. The van der Waals surface area contributed by atoms with Crippen LogP contribution in [0.3, 0.4) is 0 Å². The fourth-order valence-corrected chi connectivity index (χ4v) is 8.90. The molecule has 2 bridgehead atoms. The molecule has 0 N–H and O–H groups in total. The van der Waals surface area contributed by atoms with E-state index in [0.29, 0.717) is 50.7 Å². The summed E-state index contributed by atoms with van der Waals surface area (Å²) in [6.45, 7) is 10.6. The number of para-hydroxylation sites is 2. The predicted octanol–water partition coefficient (Wildman–Crippen LogP) is 6.83. The van der Waals surface area contributed by atoms with Crippen molar-refractivity contribution in [2.45, 2.75) is 109 Å². The summed E-state index contributed by atoms with van der Waals surface area (Å²) in [5.41, 5.74) is 2.70. The lowest BCUT2D eigenvalue weighted by atomic mass is 9.69. The molecule has 7 heteroatoms. The number of hydrogen-bond acceptors (Lipinski definition) is 5. The van der Waals surface area contributed by atoms with Crippen LogP contribution in [-0.4, -0.2) is 69.6 Å². The highest BCUT2D eigenvalue weighted by molar-refractivity contribution is 6.02. The molecule has 6 rings (SSSR count). The van der Waals surface area contributed by atoms with Gasteiger partial charge in [0.2, 0.25) is 5.91 Å². The van der Waals surface area contributed by atoms with Gasteiger partial charge < -0.3 is 14.2 Å². The topological polar surface area (TPSA) is 67.7 Å². The minimum Gasteiger partial charge on any atom is -0.465 e. The number of nitrogens with zero attached hydrogens (tertiary/aromatic N) is 4. The van der Waals surface area contributed by atoms with Crippen LogP contribution >= 0.6 is 0 Å². The average Bonchev–Trinajstić information content (AvgIpc) is 3.51. The molecule has 3 aliphatic rings. The van der Waals surface area contributed by atoms with Crippen molar-refractivity contribution in [1.82, 2.24) is 19.4 Å². The smallest absolute Gasteiger partial charge is 0.321 e. The van der Waals surface area contributed by atoms with Crippen molar-refractivity contribution in [3.63, 3.8) is 0 Å². The number of rotatable bonds is 10. The highest BCUT2D eigenvalue weighted by atomic mass is 16.5. The third kappa shape index (κ3) is 5.35. The quantitative estimate of drug-likeness (QED) is 0.189. The third-order valence-electron chi connectivity index (χ3n) is 11.5. The molecule has 4 heterocycles. The van der Waals surface area contributed by atoms with Crippen LogP contribution in [0.15, 0.2) is 54.6 Å². The highest BCUT2D eigenvalue weighted by Gasteiger charge is 2.49. The monoisotopic (exact) mass is 598 g/mol. The first-order valence-electron chi connectivity index (χ1n) is 17.1. The first-order chi connectivity index (χ1) is 21.4. The van der Waals surface area contributed by atoms with Gasteiger partial charge in [0.15, 0.2) is 0 Å². The predicted molar refractivity (Wildman–Crippen MR) is 174 cm³/mol. The molecule has 44 heavy (non-hydrogen) atoms. The van der Waals surface area contributed by atoms with Crippen LogP contribution in [0.25, 0.3) is 11.0 Å². The number of fused-ring (bicyclic) bond motifs is 3. The Balaban J connectivity index is 1.17. The maximum atomic E-state index is 13.9. The lowest BCUT2D eigenvalue weighted by Gasteiger charge is -2.46. The molecule has 0 radical (unpaired) electrons. The van der Waals surface area contributed by atoms with E-state index in [9.17, 15) is 9.59 Å². The molecule has 3 aliphatic heterocycles. The van der Waals surface area contributed by atoms with Gasteiger partial charge in [0.05, 0.1) is 17.6 Å². The average molecular weight is 599 g/mol. The number of likely N-dealkylation sites (tertiary alicyclic amines) is 1. The minimum atomic E-state index is -1.08. The number of amides is 1. The Labute approximate surface area is 263 Å². The van der Waals surface area contributed by atoms with Crippen molar-refractivity contribution in [3.05, 3.63) is 66.0 Å². The summed E-state index contributed by atoms with van der Waals surface area (Å²) >= 11 is 0. The minimum absolute atomic E-state index is 0.0243. The molecule has 1 aromatic heterocycles. The van der Waals surface area contributed by atoms with Crippen molar-refractivity contribution < 1.29 is 14.3 Å². The van der Waals surface area contributed by atoms with E-state index < -0.39 is 5.41 Å². The van der Waals surface area contributed by atoms with Gasteiger partial charge >= 0.3 is 5.97 Å². The second kappa shape index (κ2) is 12.7. The summed E-state index contributed by atoms with van der Waals surface area (Å²) in [6.07, 6.45) is 8.78. The van der Waals surface area contributed by atoms with Gasteiger partial charge in [-0.25, -0.2) is 4.98 Å². The van der Waals surface area contributed by atoms with Crippen molar-refractivity contribution in [2.24, 2.45) is 5.41 Å². The van der Waals surface area contributed by atoms with E-state index in [4.69, 9.17) is 9.72 Å². The number of imidazole rings is 1. The standard InChI is InChI=1S/C37H50N4O3/c1-5-37(6-2,35(43)44-7-3)34(42)39-22-19-36(20-23-39,28-13-9-8-10-14-28)21-24-40-29-17-18-30(40)26-31(25-29)41-27(4)38-32-15-11-12-16-33(32)41/h8-16,29-31H,5-7,17-26H2,1-4H3/t29-,30+,31?. The third-order valence-corrected chi connectivity index (χ3v) is 11.5. The van der Waals surface area contributed by atoms with Crippen molar-refractivity contribution in [2.75, 3.05) is 26.2 Å². The molecule has 2 aromatic carbocycles. The van der Waals surface area contributed by atoms with E-state index in [0.717, 1.165) is 37.1 Å². The second-order valence-electron chi connectivity index (χ2n) is 13.5. The molecule has 3 fully saturated rings. The van der Waals surface area contributed by atoms with Gasteiger partial charge in [-0.05, 0) is 101 Å². The second-order valence-corrected chi connectivity index (χ2v) is 13.5. The summed E-state index contributed by atoms with van der Waals surface area (Å²) in [7, 11) is 0. The van der Waals surface area contributed by atoms with Crippen LogP contribution in [0.1, 0.15) is 96.0 Å². The first kappa shape index (κ1) is 30.8. The van der Waals surface area contributed by atoms with Crippen LogP contribution in [0, 0.1) is 12.3 Å². The summed E-state index contributed by atoms with van der Waals surface area (Å²) in [4.78, 5) is 36.6. The van der Waals surface area contributed by atoms with Crippen molar-refractivity contribution >= 4 is 22.9 Å². The molecule has 3 saturated heterocycles. The van der Waals surface area contributed by atoms with Gasteiger partial charge in [-0.1, -0.05) is 56.3 Å². The van der Waals surface area contributed by atoms with Crippen molar-refractivity contribution in [1.29, 1.82) is 0 Å². The normalized spacial score (nSPS) is 23.6. The highest BCUT2D eigenvalue weighted by Crippen LogP contribution is 2.45. The Bertz CT molecular complexity index is 1440. The zero-order chi connectivity index (χ0) is 30.9. The molecular weight excluding hydrogens is 548 g/mol. The van der Waals surface area contributed by atoms with Crippen LogP contribution in [0.2, 0.25) is 0 Å². The van der Waals surface area contributed by atoms with E-state index in [1.165, 1.54) is 36.8 Å². The summed E-state index contributed by atoms with van der Waals surface area (Å²) in [5.74, 6) is 0.712. The number of ether oxygens (including phenoxy) is 1. The number of aryl methyl sites for hydroxylation is 1. The number of carbonyl (C=O) groups excluding carboxylic acids is 2. The number of esters is 1. The SMILES string of the molecule is CCOC(=O)C(CC)(CC)C(=O)N1CCC(CCN2[C@@H]3CC[C@H]2CC(n2c(C)nc4ccccc42)C3)(c2ccccc2)CC1. The molecule has 3 aromatic rings. The Morgan fingerprint density at radius 2 is 1.55 bits per heavy atom. The van der Waals surface area contributed by atoms with E-state index in [2.05, 4.69) is 71.0 Å². The molecular formula is C37H50N4O3. The maximum Gasteiger partial charge on any atom is 0.321 e. The molecule has 0 aliphatic carbocycles. The molecule has 7 nitrogen and oxygen atoms in total. The van der Waals surface area contributed by atoms with E-state index in [-0.39, 0.29) is 17.3 Å². The number of piperidine rings is 2. The van der Waals surface area contributed by atoms with Crippen LogP contribution < -0.4 is 0 Å². The lowest BCUT2D eigenvalue weighted by Crippen LogP contribution is -2.54. The largest absolute Gasteiger partial charge is 0.465 e. The summed E-state index contributed by atoms with van der Waals surface area (Å²) in [5, 5.41) is 0. The van der Waals surface area contributed by atoms with Crippen LogP contribution in [0.5, 0.6) is 0 Å². The fraction of sp³-hybridized carbons (Fsp3) is 0.595. The zero-order valence-corrected chi connectivity index (χ0v) is 27.1. The number of benzene rings is 2. The molecule has 236 valence electrons. The van der Waals surface area contributed by atoms with E-state index in [1.54, 1.807) is 0 Å². The van der Waals surface area contributed by atoms with Gasteiger partial charge in [0.25, 0.3) is 0 Å². The molecule has 1 unspecified atom stereocenters. The summed E-state index contributed by atoms with van der Waals surface area (Å²) in [6, 6.07) is 21.3. The Hall–Kier alpha value is -3.19. The van der Waals surface area contributed by atoms with Gasteiger partial charge in [0.1, 0.15) is 11.2 Å². The molecule has 0 spiro atoms. The van der Waals surface area contributed by atoms with Gasteiger partial charge in [-0.3, -0.25) is 14.5 Å². The van der Waals surface area contributed by atoms with Gasteiger partial charge in [-0.15, -0.1) is 0 Å². The zero-order valence-electron chi connectivity index (χ0n) is 27.1. The van der Waals surface area contributed by atoms with E-state index in [1.807, 2.05) is 25.7 Å². The first-order valence-corrected chi connectivity index (χ1v) is 17.1. The van der Waals surface area contributed by atoms with Crippen molar-refractivity contribution in [3.8, 4) is 0 Å². The summed E-state index contributed by atoms with van der Waals surface area (Å²) < 4.78 is 7.92. The number of aromatic nitrogens is 2. The number of carbonyl (C=O) groups is 2. The Morgan fingerprint density at radius 1 is 0.909 bits per heavy atom. The lowest BCUT2D eigenvalue weighted by molar-refractivity contribution is -0.166. The Morgan fingerprint density at radius 3 is 2.18 bits per heavy atom. The molecule has 3 atom stereocenters. The van der Waals surface area contributed by atoms with E-state index >= 15 is 0 Å². The van der Waals surface area contributed by atoms with Crippen LogP contribution in [-0.2, 0) is 19.7 Å². The van der Waals surface area contributed by atoms with Gasteiger partial charge in [0, 0.05) is 31.2 Å². The number of hydrogen-bond donors (Lipinski definition) is 0. The molecule has 1 amide bonds. The Kier molecular flexibility index (Phi) is 8.87. The van der Waals surface area contributed by atoms with Crippen LogP contribution in [0.4, 0.5) is 0 Å². The fourth-order valence-electron chi connectivity index (χ4n) is 8.90.